The standard InChI is InChI=1S/C15H12FN3OS/c16-11-4-6-13(7-5-11)21-9-14-18-15(20-19-14)10-2-1-3-12(17)8-10/h1-8H,9,17H2. The highest BCUT2D eigenvalue weighted by Gasteiger charge is 2.09. The molecule has 0 atom stereocenters. The van der Waals surface area contributed by atoms with Crippen LogP contribution in [0.1, 0.15) is 5.82 Å². The molecule has 3 rings (SSSR count). The summed E-state index contributed by atoms with van der Waals surface area (Å²) in [6.45, 7) is 0. The van der Waals surface area contributed by atoms with E-state index in [0.717, 1.165) is 10.5 Å². The Morgan fingerprint density at radius 1 is 1.14 bits per heavy atom. The Labute approximate surface area is 125 Å². The van der Waals surface area contributed by atoms with Gasteiger partial charge in [-0.15, -0.1) is 11.8 Å². The molecule has 0 aliphatic rings. The largest absolute Gasteiger partial charge is 0.399 e. The van der Waals surface area contributed by atoms with Crippen LogP contribution in [0.5, 0.6) is 0 Å². The van der Waals surface area contributed by atoms with E-state index in [2.05, 4.69) is 10.1 Å². The number of halogens is 1. The van der Waals surface area contributed by atoms with Crippen LogP contribution in [0.2, 0.25) is 0 Å². The fourth-order valence-electron chi connectivity index (χ4n) is 1.78. The van der Waals surface area contributed by atoms with Gasteiger partial charge in [-0.05, 0) is 42.5 Å². The Bertz CT molecular complexity index is 743. The number of rotatable bonds is 4. The summed E-state index contributed by atoms with van der Waals surface area (Å²) in [4.78, 5) is 5.28. The minimum atomic E-state index is -0.247. The van der Waals surface area contributed by atoms with Crippen LogP contribution in [0.15, 0.2) is 57.9 Å². The number of anilines is 1. The van der Waals surface area contributed by atoms with Gasteiger partial charge in [0, 0.05) is 16.1 Å². The lowest BCUT2D eigenvalue weighted by Gasteiger charge is -1.97. The van der Waals surface area contributed by atoms with Gasteiger partial charge in [0.2, 0.25) is 0 Å². The van der Waals surface area contributed by atoms with Crippen molar-refractivity contribution in [3.05, 3.63) is 60.2 Å². The molecule has 1 heterocycles. The minimum Gasteiger partial charge on any atom is -0.399 e. The van der Waals surface area contributed by atoms with Gasteiger partial charge >= 0.3 is 0 Å². The molecule has 21 heavy (non-hydrogen) atoms. The molecule has 0 amide bonds. The Balaban J connectivity index is 1.69. The second-order valence-corrected chi connectivity index (χ2v) is 5.43. The minimum absolute atomic E-state index is 0.247. The van der Waals surface area contributed by atoms with Crippen molar-refractivity contribution in [1.29, 1.82) is 0 Å². The number of benzene rings is 2. The summed E-state index contributed by atoms with van der Waals surface area (Å²) in [6, 6.07) is 13.6. The molecular weight excluding hydrogens is 289 g/mol. The summed E-state index contributed by atoms with van der Waals surface area (Å²) in [5.74, 6) is 1.33. The summed E-state index contributed by atoms with van der Waals surface area (Å²) in [5.41, 5.74) is 7.16. The van der Waals surface area contributed by atoms with Crippen LogP contribution in [0.25, 0.3) is 11.5 Å². The second kappa shape index (κ2) is 5.97. The van der Waals surface area contributed by atoms with Crippen LogP contribution in [0.4, 0.5) is 10.1 Å². The Morgan fingerprint density at radius 3 is 2.71 bits per heavy atom. The zero-order valence-corrected chi connectivity index (χ0v) is 11.8. The van der Waals surface area contributed by atoms with E-state index in [-0.39, 0.29) is 5.82 Å². The van der Waals surface area contributed by atoms with Crippen LogP contribution in [-0.2, 0) is 5.75 Å². The molecule has 0 unspecified atom stereocenters. The number of nitrogens with zero attached hydrogens (tertiary/aromatic N) is 2. The molecule has 0 saturated carbocycles. The van der Waals surface area contributed by atoms with Crippen molar-refractivity contribution in [2.24, 2.45) is 0 Å². The highest BCUT2D eigenvalue weighted by Crippen LogP contribution is 2.24. The predicted octanol–water partition coefficient (Wildman–Crippen LogP) is 3.75. The van der Waals surface area contributed by atoms with E-state index >= 15 is 0 Å². The highest BCUT2D eigenvalue weighted by molar-refractivity contribution is 7.98. The van der Waals surface area contributed by atoms with E-state index in [4.69, 9.17) is 10.3 Å². The first kappa shape index (κ1) is 13.6. The SMILES string of the molecule is Nc1cccc(-c2nc(CSc3ccc(F)cc3)no2)c1. The maximum atomic E-state index is 12.8. The van der Waals surface area contributed by atoms with E-state index in [9.17, 15) is 4.39 Å². The van der Waals surface area contributed by atoms with Crippen molar-refractivity contribution in [2.75, 3.05) is 5.73 Å². The quantitative estimate of drug-likeness (QED) is 0.587. The van der Waals surface area contributed by atoms with Crippen molar-refractivity contribution in [3.8, 4) is 11.5 Å². The zero-order chi connectivity index (χ0) is 14.7. The molecule has 2 aromatic carbocycles. The van der Waals surface area contributed by atoms with Gasteiger partial charge in [0.1, 0.15) is 5.82 Å². The first-order chi connectivity index (χ1) is 10.2. The van der Waals surface area contributed by atoms with Gasteiger partial charge in [-0.3, -0.25) is 0 Å². The number of thioether (sulfide) groups is 1. The third-order valence-electron chi connectivity index (χ3n) is 2.78. The average molecular weight is 301 g/mol. The molecule has 2 N–H and O–H groups in total. The first-order valence-electron chi connectivity index (χ1n) is 6.27. The molecule has 0 aliphatic heterocycles. The Hall–Kier alpha value is -2.34. The molecule has 0 radical (unpaired) electrons. The summed E-state index contributed by atoms with van der Waals surface area (Å²) in [6.07, 6.45) is 0. The molecule has 0 fully saturated rings. The van der Waals surface area contributed by atoms with E-state index in [0.29, 0.717) is 23.2 Å². The molecule has 0 aliphatic carbocycles. The van der Waals surface area contributed by atoms with Crippen molar-refractivity contribution in [3.63, 3.8) is 0 Å². The van der Waals surface area contributed by atoms with Crippen LogP contribution < -0.4 is 5.73 Å². The van der Waals surface area contributed by atoms with E-state index < -0.39 is 0 Å². The topological polar surface area (TPSA) is 64.9 Å². The van der Waals surface area contributed by atoms with Gasteiger partial charge in [0.25, 0.3) is 5.89 Å². The number of hydrogen-bond acceptors (Lipinski definition) is 5. The third-order valence-corrected chi connectivity index (χ3v) is 3.79. The molecular formula is C15H12FN3OS. The smallest absolute Gasteiger partial charge is 0.258 e. The summed E-state index contributed by atoms with van der Waals surface area (Å²) < 4.78 is 18.0. The lowest BCUT2D eigenvalue weighted by molar-refractivity contribution is 0.425. The highest BCUT2D eigenvalue weighted by atomic mass is 32.2. The normalized spacial score (nSPS) is 10.7. The van der Waals surface area contributed by atoms with Gasteiger partial charge in [-0.2, -0.15) is 4.98 Å². The van der Waals surface area contributed by atoms with E-state index in [1.807, 2.05) is 12.1 Å². The molecule has 106 valence electrons. The molecule has 4 nitrogen and oxygen atoms in total. The fraction of sp³-hybridized carbons (Fsp3) is 0.0667. The van der Waals surface area contributed by atoms with Crippen molar-refractivity contribution < 1.29 is 8.91 Å². The van der Waals surface area contributed by atoms with Gasteiger partial charge in [0.05, 0.1) is 5.75 Å². The van der Waals surface area contributed by atoms with Crippen molar-refractivity contribution in [1.82, 2.24) is 10.1 Å². The van der Waals surface area contributed by atoms with Gasteiger partial charge in [-0.25, -0.2) is 4.39 Å². The number of nitrogen functional groups attached to an aromatic ring is 1. The number of nitrogens with two attached hydrogens (primary N) is 1. The average Bonchev–Trinajstić information content (AvgIpc) is 2.96. The predicted molar refractivity (Wildman–Crippen MR) is 80.1 cm³/mol. The first-order valence-corrected chi connectivity index (χ1v) is 7.26. The van der Waals surface area contributed by atoms with E-state index in [1.54, 1.807) is 24.3 Å². The number of aromatic nitrogens is 2. The Kier molecular flexibility index (Phi) is 3.87. The van der Waals surface area contributed by atoms with Crippen molar-refractivity contribution in [2.45, 2.75) is 10.6 Å². The van der Waals surface area contributed by atoms with Crippen molar-refractivity contribution >= 4 is 17.4 Å². The lowest BCUT2D eigenvalue weighted by atomic mass is 10.2. The Morgan fingerprint density at radius 2 is 1.95 bits per heavy atom. The van der Waals surface area contributed by atoms with Gasteiger partial charge in [0.15, 0.2) is 5.82 Å². The molecule has 1 aromatic heterocycles. The maximum absolute atomic E-state index is 12.8. The van der Waals surface area contributed by atoms with Crippen LogP contribution in [0.3, 0.4) is 0 Å². The van der Waals surface area contributed by atoms with Gasteiger partial charge < -0.3 is 10.3 Å². The third kappa shape index (κ3) is 3.41. The zero-order valence-electron chi connectivity index (χ0n) is 11.0. The molecule has 0 bridgehead atoms. The maximum Gasteiger partial charge on any atom is 0.258 e. The van der Waals surface area contributed by atoms with E-state index in [1.165, 1.54) is 23.9 Å². The number of hydrogen-bond donors (Lipinski definition) is 1. The monoisotopic (exact) mass is 301 g/mol. The fourth-order valence-corrected chi connectivity index (χ4v) is 2.52. The van der Waals surface area contributed by atoms with Crippen LogP contribution in [-0.4, -0.2) is 10.1 Å². The second-order valence-electron chi connectivity index (χ2n) is 4.38. The molecule has 3 aromatic rings. The lowest BCUT2D eigenvalue weighted by Crippen LogP contribution is -1.86. The van der Waals surface area contributed by atoms with Crippen LogP contribution in [0, 0.1) is 5.82 Å². The van der Waals surface area contributed by atoms with Gasteiger partial charge in [-0.1, -0.05) is 11.2 Å². The molecule has 6 heteroatoms. The summed E-state index contributed by atoms with van der Waals surface area (Å²) in [5, 5.41) is 3.93. The molecule has 0 spiro atoms. The summed E-state index contributed by atoms with van der Waals surface area (Å²) in [7, 11) is 0. The summed E-state index contributed by atoms with van der Waals surface area (Å²) >= 11 is 1.52. The van der Waals surface area contributed by atoms with Crippen LogP contribution >= 0.6 is 11.8 Å². The molecule has 0 saturated heterocycles.